The van der Waals surface area contributed by atoms with Gasteiger partial charge in [-0.3, -0.25) is 9.59 Å². The molecule has 0 unspecified atom stereocenters. The minimum atomic E-state index is -0.375. The second-order valence-corrected chi connectivity index (χ2v) is 4.28. The molecule has 1 aliphatic rings. The van der Waals surface area contributed by atoms with Gasteiger partial charge in [-0.25, -0.2) is 0 Å². The average Bonchev–Trinajstić information content (AvgIpc) is 2.37. The first-order chi connectivity index (χ1) is 8.22. The van der Waals surface area contributed by atoms with E-state index in [4.69, 9.17) is 4.74 Å². The third-order valence-corrected chi connectivity index (χ3v) is 2.90. The Balaban J connectivity index is 2.22. The Hall–Kier alpha value is -1.64. The summed E-state index contributed by atoms with van der Waals surface area (Å²) in [4.78, 5) is 23.4. The second kappa shape index (κ2) is 5.13. The third-order valence-electron chi connectivity index (χ3n) is 2.90. The topological polar surface area (TPSA) is 43.4 Å². The Morgan fingerprint density at radius 1 is 1.35 bits per heavy atom. The zero-order valence-corrected chi connectivity index (χ0v) is 9.99. The Bertz CT molecular complexity index is 449. The molecule has 0 N–H and O–H groups in total. The van der Waals surface area contributed by atoms with Crippen LogP contribution in [0, 0.1) is 0 Å². The number of Topliss-reactive ketones (excluding diaryl/α,β-unsaturated/α-hetero) is 2. The van der Waals surface area contributed by atoms with Crippen LogP contribution in [0.3, 0.4) is 0 Å². The molecule has 90 valence electrons. The SMILES string of the molecule is CCCC(=O)C(=O)c1ccc2c(c1)CCCO2. The zero-order valence-electron chi connectivity index (χ0n) is 9.99. The van der Waals surface area contributed by atoms with Crippen LogP contribution < -0.4 is 4.74 Å². The van der Waals surface area contributed by atoms with Crippen molar-refractivity contribution in [2.45, 2.75) is 32.6 Å². The van der Waals surface area contributed by atoms with Gasteiger partial charge in [0.1, 0.15) is 5.75 Å². The number of carbonyl (C=O) groups is 2. The molecule has 0 atom stereocenters. The molecule has 0 aliphatic carbocycles. The maximum atomic E-state index is 11.8. The van der Waals surface area contributed by atoms with Gasteiger partial charge in [0, 0.05) is 12.0 Å². The fraction of sp³-hybridized carbons (Fsp3) is 0.429. The highest BCUT2D eigenvalue weighted by Crippen LogP contribution is 2.25. The van der Waals surface area contributed by atoms with Crippen LogP contribution in [0.4, 0.5) is 0 Å². The Labute approximate surface area is 101 Å². The van der Waals surface area contributed by atoms with Crippen molar-refractivity contribution in [3.63, 3.8) is 0 Å². The van der Waals surface area contributed by atoms with E-state index in [9.17, 15) is 9.59 Å². The van der Waals surface area contributed by atoms with Crippen molar-refractivity contribution < 1.29 is 14.3 Å². The van der Waals surface area contributed by atoms with Crippen LogP contribution in [0.5, 0.6) is 5.75 Å². The first-order valence-corrected chi connectivity index (χ1v) is 6.05. The highest BCUT2D eigenvalue weighted by atomic mass is 16.5. The molecule has 0 amide bonds. The maximum absolute atomic E-state index is 11.8. The van der Waals surface area contributed by atoms with Crippen molar-refractivity contribution in [3.8, 4) is 5.75 Å². The van der Waals surface area contributed by atoms with E-state index in [0.29, 0.717) is 18.4 Å². The van der Waals surface area contributed by atoms with Crippen molar-refractivity contribution in [2.75, 3.05) is 6.61 Å². The molecule has 0 bridgehead atoms. The van der Waals surface area contributed by atoms with Gasteiger partial charge in [-0.15, -0.1) is 0 Å². The fourth-order valence-electron chi connectivity index (χ4n) is 2.00. The van der Waals surface area contributed by atoms with E-state index in [2.05, 4.69) is 0 Å². The molecule has 1 aromatic carbocycles. The molecule has 1 aromatic rings. The molecule has 0 fully saturated rings. The first-order valence-electron chi connectivity index (χ1n) is 6.05. The van der Waals surface area contributed by atoms with E-state index >= 15 is 0 Å². The van der Waals surface area contributed by atoms with Gasteiger partial charge in [0.2, 0.25) is 11.6 Å². The molecule has 0 aromatic heterocycles. The summed E-state index contributed by atoms with van der Waals surface area (Å²) in [6.07, 6.45) is 2.91. The molecule has 0 saturated carbocycles. The molecule has 0 saturated heterocycles. The van der Waals surface area contributed by atoms with Crippen molar-refractivity contribution in [1.82, 2.24) is 0 Å². The van der Waals surface area contributed by atoms with E-state index in [1.807, 2.05) is 6.92 Å². The predicted octanol–water partition coefficient (Wildman–Crippen LogP) is 2.56. The minimum Gasteiger partial charge on any atom is -0.493 e. The highest BCUT2D eigenvalue weighted by Gasteiger charge is 2.18. The number of rotatable bonds is 4. The lowest BCUT2D eigenvalue weighted by Gasteiger charge is -2.17. The summed E-state index contributed by atoms with van der Waals surface area (Å²) < 4.78 is 5.47. The standard InChI is InChI=1S/C14H16O3/c1-2-4-12(15)14(16)11-6-7-13-10(9-11)5-3-8-17-13/h6-7,9H,2-5,8H2,1H3. The molecular weight excluding hydrogens is 216 g/mol. The lowest BCUT2D eigenvalue weighted by molar-refractivity contribution is -0.115. The Morgan fingerprint density at radius 2 is 2.18 bits per heavy atom. The number of ketones is 2. The van der Waals surface area contributed by atoms with E-state index in [-0.39, 0.29) is 11.6 Å². The maximum Gasteiger partial charge on any atom is 0.228 e. The van der Waals surface area contributed by atoms with E-state index in [1.54, 1.807) is 18.2 Å². The van der Waals surface area contributed by atoms with E-state index in [1.165, 1.54) is 0 Å². The van der Waals surface area contributed by atoms with Crippen molar-refractivity contribution in [2.24, 2.45) is 0 Å². The molecule has 0 radical (unpaired) electrons. The third kappa shape index (κ3) is 2.54. The van der Waals surface area contributed by atoms with Gasteiger partial charge in [0.25, 0.3) is 0 Å². The van der Waals surface area contributed by atoms with Gasteiger partial charge < -0.3 is 4.74 Å². The van der Waals surface area contributed by atoms with Gasteiger partial charge >= 0.3 is 0 Å². The van der Waals surface area contributed by atoms with Crippen molar-refractivity contribution in [1.29, 1.82) is 0 Å². The van der Waals surface area contributed by atoms with Gasteiger partial charge in [-0.1, -0.05) is 6.92 Å². The molecule has 3 nitrogen and oxygen atoms in total. The molecule has 1 aliphatic heterocycles. The number of fused-ring (bicyclic) bond motifs is 1. The number of hydrogen-bond donors (Lipinski definition) is 0. The molecule has 0 spiro atoms. The summed E-state index contributed by atoms with van der Waals surface area (Å²) in [5, 5.41) is 0. The summed E-state index contributed by atoms with van der Waals surface area (Å²) in [6, 6.07) is 5.27. The van der Waals surface area contributed by atoms with E-state index < -0.39 is 0 Å². The fourth-order valence-corrected chi connectivity index (χ4v) is 2.00. The summed E-state index contributed by atoms with van der Waals surface area (Å²) >= 11 is 0. The van der Waals surface area contributed by atoms with Crippen LogP contribution in [0.2, 0.25) is 0 Å². The second-order valence-electron chi connectivity index (χ2n) is 4.28. The predicted molar refractivity (Wildman–Crippen MR) is 64.5 cm³/mol. The number of carbonyl (C=O) groups excluding carboxylic acids is 2. The monoisotopic (exact) mass is 232 g/mol. The average molecular weight is 232 g/mol. The van der Waals surface area contributed by atoms with Crippen LogP contribution in [0.15, 0.2) is 18.2 Å². The number of hydrogen-bond acceptors (Lipinski definition) is 3. The first kappa shape index (κ1) is 11.8. The van der Waals surface area contributed by atoms with Crippen molar-refractivity contribution >= 4 is 11.6 Å². The van der Waals surface area contributed by atoms with Crippen molar-refractivity contribution in [3.05, 3.63) is 29.3 Å². The normalized spacial score (nSPS) is 13.7. The van der Waals surface area contributed by atoms with Gasteiger partial charge in [0.15, 0.2) is 0 Å². The van der Waals surface area contributed by atoms with Gasteiger partial charge in [-0.05, 0) is 43.0 Å². The molecule has 1 heterocycles. The van der Waals surface area contributed by atoms with Crippen LogP contribution in [0.25, 0.3) is 0 Å². The lowest BCUT2D eigenvalue weighted by atomic mass is 9.98. The highest BCUT2D eigenvalue weighted by molar-refractivity contribution is 6.43. The van der Waals surface area contributed by atoms with Crippen LogP contribution in [-0.4, -0.2) is 18.2 Å². The smallest absolute Gasteiger partial charge is 0.228 e. The van der Waals surface area contributed by atoms with Crippen LogP contribution >= 0.6 is 0 Å². The summed E-state index contributed by atoms with van der Waals surface area (Å²) in [6.45, 7) is 2.63. The van der Waals surface area contributed by atoms with Crippen LogP contribution in [-0.2, 0) is 11.2 Å². The molecule has 2 rings (SSSR count). The zero-order chi connectivity index (χ0) is 12.3. The summed E-state index contributed by atoms with van der Waals surface area (Å²) in [5.74, 6) is 0.167. The number of ether oxygens (including phenoxy) is 1. The summed E-state index contributed by atoms with van der Waals surface area (Å²) in [5.41, 5.74) is 1.53. The Kier molecular flexibility index (Phi) is 3.57. The largest absolute Gasteiger partial charge is 0.493 e. The minimum absolute atomic E-state index is 0.302. The van der Waals surface area contributed by atoms with E-state index in [0.717, 1.165) is 30.8 Å². The quantitative estimate of drug-likeness (QED) is 0.592. The van der Waals surface area contributed by atoms with Gasteiger partial charge in [-0.2, -0.15) is 0 Å². The van der Waals surface area contributed by atoms with Crippen LogP contribution in [0.1, 0.15) is 42.1 Å². The molecular formula is C14H16O3. The summed E-state index contributed by atoms with van der Waals surface area (Å²) in [7, 11) is 0. The Morgan fingerprint density at radius 3 is 2.94 bits per heavy atom. The van der Waals surface area contributed by atoms with Gasteiger partial charge in [0.05, 0.1) is 6.61 Å². The molecule has 17 heavy (non-hydrogen) atoms. The number of benzene rings is 1. The molecule has 3 heteroatoms. The lowest BCUT2D eigenvalue weighted by Crippen LogP contribution is -2.15. The number of aryl methyl sites for hydroxylation is 1.